The maximum atomic E-state index is 12.8. The molecule has 1 aliphatic carbocycles. The Morgan fingerprint density at radius 1 is 1.09 bits per heavy atom. The molecule has 134 valence electrons. The maximum Gasteiger partial charge on any atom is 0.391 e. The van der Waals surface area contributed by atoms with Crippen LogP contribution in [0.15, 0.2) is 0 Å². The van der Waals surface area contributed by atoms with Crippen LogP contribution in [-0.2, 0) is 0 Å². The second-order valence-corrected chi connectivity index (χ2v) is 6.84. The lowest BCUT2D eigenvalue weighted by molar-refractivity contribution is -0.183. The van der Waals surface area contributed by atoms with Crippen LogP contribution in [0.2, 0.25) is 0 Å². The second kappa shape index (κ2) is 8.22. The third-order valence-electron chi connectivity index (χ3n) is 4.93. The van der Waals surface area contributed by atoms with E-state index in [2.05, 4.69) is 22.5 Å². The van der Waals surface area contributed by atoms with Crippen LogP contribution in [0.3, 0.4) is 0 Å². The number of halogens is 3. The first-order valence-electron chi connectivity index (χ1n) is 8.74. The van der Waals surface area contributed by atoms with E-state index < -0.39 is 12.1 Å². The average Bonchev–Trinajstić information content (AvgIpc) is 2.49. The Morgan fingerprint density at radius 2 is 1.74 bits per heavy atom. The van der Waals surface area contributed by atoms with Crippen LogP contribution in [0, 0.1) is 5.92 Å². The summed E-state index contributed by atoms with van der Waals surface area (Å²) in [6.45, 7) is 5.17. The predicted octanol–water partition coefficient (Wildman–Crippen LogP) is 3.28. The number of hydrogen-bond acceptors (Lipinski definition) is 2. The zero-order chi connectivity index (χ0) is 16.9. The first-order valence-corrected chi connectivity index (χ1v) is 8.74. The van der Waals surface area contributed by atoms with Gasteiger partial charge in [-0.25, -0.2) is 4.79 Å². The van der Waals surface area contributed by atoms with Gasteiger partial charge < -0.3 is 15.5 Å². The molecule has 1 saturated heterocycles. The molecule has 2 N–H and O–H groups in total. The van der Waals surface area contributed by atoms with Crippen LogP contribution in [0.5, 0.6) is 0 Å². The third-order valence-corrected chi connectivity index (χ3v) is 4.93. The number of urea groups is 1. The molecule has 2 unspecified atom stereocenters. The minimum absolute atomic E-state index is 0.00582. The Morgan fingerprint density at radius 3 is 2.35 bits per heavy atom. The number of likely N-dealkylation sites (tertiary alicyclic amines) is 1. The van der Waals surface area contributed by atoms with E-state index in [1.807, 2.05) is 0 Å². The van der Waals surface area contributed by atoms with Gasteiger partial charge in [0.25, 0.3) is 0 Å². The van der Waals surface area contributed by atoms with Crippen LogP contribution in [0.4, 0.5) is 18.0 Å². The number of nitrogens with one attached hydrogen (secondary N) is 2. The zero-order valence-corrected chi connectivity index (χ0v) is 13.8. The lowest BCUT2D eigenvalue weighted by Crippen LogP contribution is -2.51. The SMILES string of the molecule is CCCN1CCC(NC(=O)NC2CCCC(C(F)(F)F)C2)CC1. The Bertz CT molecular complexity index is 381. The monoisotopic (exact) mass is 335 g/mol. The van der Waals surface area contributed by atoms with E-state index in [0.717, 1.165) is 38.9 Å². The topological polar surface area (TPSA) is 44.4 Å². The highest BCUT2D eigenvalue weighted by atomic mass is 19.4. The zero-order valence-electron chi connectivity index (χ0n) is 13.8. The Hall–Kier alpha value is -0.980. The highest BCUT2D eigenvalue weighted by Gasteiger charge is 2.42. The molecule has 0 bridgehead atoms. The molecule has 0 aromatic heterocycles. The summed E-state index contributed by atoms with van der Waals surface area (Å²) < 4.78 is 38.4. The fraction of sp³-hybridized carbons (Fsp3) is 0.938. The van der Waals surface area contributed by atoms with Crippen LogP contribution < -0.4 is 10.6 Å². The van der Waals surface area contributed by atoms with Gasteiger partial charge in [-0.1, -0.05) is 13.3 Å². The molecule has 2 atom stereocenters. The molecule has 0 radical (unpaired) electrons. The van der Waals surface area contributed by atoms with Crippen molar-refractivity contribution in [2.24, 2.45) is 5.92 Å². The van der Waals surface area contributed by atoms with Crippen LogP contribution >= 0.6 is 0 Å². The molecule has 1 aliphatic heterocycles. The smallest absolute Gasteiger partial charge is 0.335 e. The number of rotatable bonds is 4. The van der Waals surface area contributed by atoms with Crippen molar-refractivity contribution >= 4 is 6.03 Å². The lowest BCUT2D eigenvalue weighted by atomic mass is 9.85. The number of alkyl halides is 3. The summed E-state index contributed by atoms with van der Waals surface area (Å²) in [6, 6.07) is -0.549. The average molecular weight is 335 g/mol. The van der Waals surface area contributed by atoms with Gasteiger partial charge in [0.15, 0.2) is 0 Å². The Kier molecular flexibility index (Phi) is 6.56. The summed E-state index contributed by atoms with van der Waals surface area (Å²) in [5.41, 5.74) is 0. The van der Waals surface area contributed by atoms with Crippen molar-refractivity contribution in [3.8, 4) is 0 Å². The molecule has 0 aromatic rings. The fourth-order valence-corrected chi connectivity index (χ4v) is 3.65. The first kappa shape index (κ1) is 18.4. The van der Waals surface area contributed by atoms with E-state index in [4.69, 9.17) is 0 Å². The van der Waals surface area contributed by atoms with Gasteiger partial charge in [-0.05, 0) is 45.1 Å². The maximum absolute atomic E-state index is 12.8. The summed E-state index contributed by atoms with van der Waals surface area (Å²) in [6.07, 6.45) is 0.126. The summed E-state index contributed by atoms with van der Waals surface area (Å²) in [5.74, 6) is -1.28. The van der Waals surface area contributed by atoms with E-state index in [-0.39, 0.29) is 31.0 Å². The fourth-order valence-electron chi connectivity index (χ4n) is 3.65. The summed E-state index contributed by atoms with van der Waals surface area (Å²) >= 11 is 0. The number of hydrogen-bond donors (Lipinski definition) is 2. The van der Waals surface area contributed by atoms with Crippen molar-refractivity contribution in [1.82, 2.24) is 15.5 Å². The lowest BCUT2D eigenvalue weighted by Gasteiger charge is -2.34. The molecule has 1 heterocycles. The van der Waals surface area contributed by atoms with Crippen molar-refractivity contribution in [1.29, 1.82) is 0 Å². The van der Waals surface area contributed by atoms with Crippen LogP contribution in [0.25, 0.3) is 0 Å². The summed E-state index contributed by atoms with van der Waals surface area (Å²) in [7, 11) is 0. The normalized spacial score (nSPS) is 27.7. The van der Waals surface area contributed by atoms with Gasteiger partial charge in [0.05, 0.1) is 5.92 Å². The van der Waals surface area contributed by atoms with Gasteiger partial charge in [0.1, 0.15) is 0 Å². The minimum atomic E-state index is -4.15. The molecule has 7 heteroatoms. The van der Waals surface area contributed by atoms with E-state index in [9.17, 15) is 18.0 Å². The Labute approximate surface area is 136 Å². The number of nitrogens with zero attached hydrogens (tertiary/aromatic N) is 1. The van der Waals surface area contributed by atoms with E-state index in [1.54, 1.807) is 0 Å². The third kappa shape index (κ3) is 5.86. The standard InChI is InChI=1S/C16H28F3N3O/c1-2-8-22-9-6-13(7-10-22)20-15(23)21-14-5-3-4-12(11-14)16(17,18)19/h12-14H,2-11H2,1H3,(H2,20,21,23). The van der Waals surface area contributed by atoms with Crippen LogP contribution in [0.1, 0.15) is 51.9 Å². The predicted molar refractivity (Wildman–Crippen MR) is 83.2 cm³/mol. The van der Waals surface area contributed by atoms with Crippen molar-refractivity contribution in [3.05, 3.63) is 0 Å². The largest absolute Gasteiger partial charge is 0.391 e. The molecule has 2 amide bonds. The molecule has 0 spiro atoms. The molecule has 2 rings (SSSR count). The first-order chi connectivity index (χ1) is 10.9. The van der Waals surface area contributed by atoms with Crippen molar-refractivity contribution < 1.29 is 18.0 Å². The molecule has 4 nitrogen and oxygen atoms in total. The number of piperidine rings is 1. The quantitative estimate of drug-likeness (QED) is 0.828. The van der Waals surface area contributed by atoms with E-state index in [1.165, 1.54) is 0 Å². The summed E-state index contributed by atoms with van der Waals surface area (Å²) in [5, 5.41) is 5.67. The van der Waals surface area contributed by atoms with Gasteiger partial charge in [-0.3, -0.25) is 0 Å². The molecular formula is C16H28F3N3O. The Balaban J connectivity index is 1.71. The second-order valence-electron chi connectivity index (χ2n) is 6.84. The van der Waals surface area contributed by atoms with E-state index in [0.29, 0.717) is 12.8 Å². The number of amides is 2. The van der Waals surface area contributed by atoms with Gasteiger partial charge >= 0.3 is 12.2 Å². The minimum Gasteiger partial charge on any atom is -0.335 e. The molecular weight excluding hydrogens is 307 g/mol. The highest BCUT2D eigenvalue weighted by molar-refractivity contribution is 5.74. The molecule has 2 aliphatic rings. The van der Waals surface area contributed by atoms with Crippen molar-refractivity contribution in [2.75, 3.05) is 19.6 Å². The molecule has 23 heavy (non-hydrogen) atoms. The van der Waals surface area contributed by atoms with E-state index >= 15 is 0 Å². The molecule has 2 fully saturated rings. The van der Waals surface area contributed by atoms with Crippen molar-refractivity contribution in [2.45, 2.75) is 70.1 Å². The number of carbonyl (C=O) groups excluding carboxylic acids is 1. The van der Waals surface area contributed by atoms with Gasteiger partial charge in [0, 0.05) is 25.2 Å². The molecule has 0 aromatic carbocycles. The van der Waals surface area contributed by atoms with Gasteiger partial charge in [-0.2, -0.15) is 13.2 Å². The highest BCUT2D eigenvalue weighted by Crippen LogP contribution is 2.37. The van der Waals surface area contributed by atoms with Gasteiger partial charge in [-0.15, -0.1) is 0 Å². The number of carbonyl (C=O) groups is 1. The van der Waals surface area contributed by atoms with Crippen LogP contribution in [-0.4, -0.2) is 48.8 Å². The van der Waals surface area contributed by atoms with Gasteiger partial charge in [0.2, 0.25) is 0 Å². The van der Waals surface area contributed by atoms with Crippen molar-refractivity contribution in [3.63, 3.8) is 0 Å². The summed E-state index contributed by atoms with van der Waals surface area (Å²) in [4.78, 5) is 14.4. The molecule has 1 saturated carbocycles.